The summed E-state index contributed by atoms with van der Waals surface area (Å²) in [6.45, 7) is 1.32. The molecule has 1 aliphatic rings. The highest BCUT2D eigenvalue weighted by Crippen LogP contribution is 2.23. The number of hydrogen-bond donors (Lipinski definition) is 2. The molecule has 0 aliphatic carbocycles. The number of aromatic carboxylic acids is 1. The minimum atomic E-state index is -1.01. The van der Waals surface area contributed by atoms with E-state index in [0.29, 0.717) is 17.9 Å². The van der Waals surface area contributed by atoms with Gasteiger partial charge in [-0.05, 0) is 0 Å². The number of carboxylic acids is 1. The molecule has 0 saturated carbocycles. The average molecular weight is 262 g/mol. The molecule has 0 bridgehead atoms. The van der Waals surface area contributed by atoms with Crippen molar-refractivity contribution in [2.45, 2.75) is 13.0 Å². The van der Waals surface area contributed by atoms with Crippen molar-refractivity contribution < 1.29 is 9.90 Å². The van der Waals surface area contributed by atoms with E-state index in [1.165, 1.54) is 11.3 Å². The number of aromatic nitrogens is 3. The molecule has 7 heteroatoms. The van der Waals surface area contributed by atoms with Gasteiger partial charge in [-0.25, -0.2) is 14.8 Å². The molecule has 1 aliphatic heterocycles. The first-order valence-electron chi connectivity index (χ1n) is 5.48. The maximum atomic E-state index is 11.3. The Morgan fingerprint density at radius 2 is 2.33 bits per heavy atom. The Balaban J connectivity index is 2.18. The second-order valence-corrected chi connectivity index (χ2v) is 4.81. The molecule has 0 radical (unpaired) electrons. The molecule has 2 aromatic heterocycles. The fraction of sp³-hybridized carbons (Fsp3) is 0.273. The second-order valence-electron chi connectivity index (χ2n) is 3.92. The highest BCUT2D eigenvalue weighted by Gasteiger charge is 2.22. The van der Waals surface area contributed by atoms with Gasteiger partial charge in [0.25, 0.3) is 0 Å². The van der Waals surface area contributed by atoms with Gasteiger partial charge in [-0.1, -0.05) is 0 Å². The lowest BCUT2D eigenvalue weighted by atomic mass is 10.1. The zero-order chi connectivity index (χ0) is 12.5. The van der Waals surface area contributed by atoms with Gasteiger partial charge in [-0.3, -0.25) is 4.98 Å². The predicted molar refractivity (Wildman–Crippen MR) is 65.5 cm³/mol. The van der Waals surface area contributed by atoms with Crippen LogP contribution < -0.4 is 5.32 Å². The van der Waals surface area contributed by atoms with Crippen molar-refractivity contribution in [1.82, 2.24) is 20.3 Å². The molecule has 3 heterocycles. The van der Waals surface area contributed by atoms with Crippen molar-refractivity contribution in [2.75, 3.05) is 6.54 Å². The van der Waals surface area contributed by atoms with Gasteiger partial charge in [0.15, 0.2) is 11.5 Å². The lowest BCUT2D eigenvalue weighted by Crippen LogP contribution is -2.27. The topological polar surface area (TPSA) is 88.0 Å². The molecular weight excluding hydrogens is 252 g/mol. The summed E-state index contributed by atoms with van der Waals surface area (Å²) in [6.07, 6.45) is 2.38. The number of thiazole rings is 1. The van der Waals surface area contributed by atoms with Gasteiger partial charge in [0.1, 0.15) is 0 Å². The summed E-state index contributed by atoms with van der Waals surface area (Å²) in [5.74, 6) is -0.557. The van der Waals surface area contributed by atoms with E-state index in [2.05, 4.69) is 20.3 Å². The molecule has 2 N–H and O–H groups in total. The Kier molecular flexibility index (Phi) is 2.77. The quantitative estimate of drug-likeness (QED) is 0.837. The second kappa shape index (κ2) is 4.43. The predicted octanol–water partition coefficient (Wildman–Crippen LogP) is 0.944. The third-order valence-corrected chi connectivity index (χ3v) is 3.56. The minimum absolute atomic E-state index is 0.0931. The van der Waals surface area contributed by atoms with Crippen LogP contribution in [0.2, 0.25) is 0 Å². The minimum Gasteiger partial charge on any atom is -0.476 e. The van der Waals surface area contributed by atoms with Crippen molar-refractivity contribution in [1.29, 1.82) is 0 Å². The summed E-state index contributed by atoms with van der Waals surface area (Å²) in [6, 6.07) is 0. The normalized spacial score (nSPS) is 14.2. The number of fused-ring (bicyclic) bond motifs is 1. The molecule has 18 heavy (non-hydrogen) atoms. The van der Waals surface area contributed by atoms with Crippen molar-refractivity contribution >= 4 is 17.3 Å². The lowest BCUT2D eigenvalue weighted by molar-refractivity contribution is 0.0688. The van der Waals surface area contributed by atoms with E-state index in [0.717, 1.165) is 23.5 Å². The van der Waals surface area contributed by atoms with E-state index in [9.17, 15) is 9.90 Å². The molecule has 92 valence electrons. The molecule has 0 fully saturated rings. The number of carbonyl (C=O) groups is 1. The van der Waals surface area contributed by atoms with Crippen molar-refractivity contribution in [3.8, 4) is 10.7 Å². The van der Waals surface area contributed by atoms with Crippen LogP contribution in [-0.4, -0.2) is 32.6 Å². The monoisotopic (exact) mass is 262 g/mol. The third kappa shape index (κ3) is 1.87. The van der Waals surface area contributed by atoms with Gasteiger partial charge in [0, 0.05) is 31.3 Å². The van der Waals surface area contributed by atoms with Crippen LogP contribution in [0.4, 0.5) is 0 Å². The zero-order valence-corrected chi connectivity index (χ0v) is 10.2. The Morgan fingerprint density at radius 3 is 3.06 bits per heavy atom. The van der Waals surface area contributed by atoms with Crippen molar-refractivity contribution in [2.24, 2.45) is 0 Å². The van der Waals surface area contributed by atoms with Crippen LogP contribution in [0.1, 0.15) is 21.7 Å². The average Bonchev–Trinajstić information content (AvgIpc) is 2.91. The molecule has 6 nitrogen and oxygen atoms in total. The van der Waals surface area contributed by atoms with E-state index in [4.69, 9.17) is 0 Å². The van der Waals surface area contributed by atoms with Crippen LogP contribution in [0.5, 0.6) is 0 Å². The molecular formula is C11H10N4O2S. The number of carboxylic acid groups (broad SMARTS) is 1. The number of nitrogens with zero attached hydrogens (tertiary/aromatic N) is 3. The maximum absolute atomic E-state index is 11.3. The van der Waals surface area contributed by atoms with Gasteiger partial charge in [0.05, 0.1) is 16.1 Å². The summed E-state index contributed by atoms with van der Waals surface area (Å²) in [4.78, 5) is 24.6. The van der Waals surface area contributed by atoms with Gasteiger partial charge in [0.2, 0.25) is 0 Å². The van der Waals surface area contributed by atoms with Crippen molar-refractivity contribution in [3.63, 3.8) is 0 Å². The first kappa shape index (κ1) is 11.2. The van der Waals surface area contributed by atoms with Crippen LogP contribution in [0.15, 0.2) is 11.7 Å². The molecule has 0 atom stereocenters. The van der Waals surface area contributed by atoms with Gasteiger partial charge in [-0.15, -0.1) is 11.3 Å². The number of nitrogens with one attached hydrogen (secondary N) is 1. The SMILES string of the molecule is O=C(O)c1nc(-c2cncs2)nc2c1CNCC2. The largest absolute Gasteiger partial charge is 0.476 e. The van der Waals surface area contributed by atoms with Gasteiger partial charge >= 0.3 is 5.97 Å². The van der Waals surface area contributed by atoms with E-state index in [1.54, 1.807) is 11.7 Å². The van der Waals surface area contributed by atoms with Crippen LogP contribution in [-0.2, 0) is 13.0 Å². The molecule has 0 spiro atoms. The van der Waals surface area contributed by atoms with Gasteiger partial charge in [-0.2, -0.15) is 0 Å². The summed E-state index contributed by atoms with van der Waals surface area (Å²) in [5, 5.41) is 12.4. The lowest BCUT2D eigenvalue weighted by Gasteiger charge is -2.18. The van der Waals surface area contributed by atoms with Gasteiger partial charge < -0.3 is 10.4 Å². The Morgan fingerprint density at radius 1 is 1.44 bits per heavy atom. The van der Waals surface area contributed by atoms with Crippen molar-refractivity contribution in [3.05, 3.63) is 28.7 Å². The fourth-order valence-corrected chi connectivity index (χ4v) is 2.51. The molecule has 2 aromatic rings. The number of hydrogen-bond acceptors (Lipinski definition) is 6. The van der Waals surface area contributed by atoms with E-state index in [-0.39, 0.29) is 5.69 Å². The van der Waals surface area contributed by atoms with Crippen LogP contribution in [0, 0.1) is 0 Å². The Hall–Kier alpha value is -1.86. The molecule has 3 rings (SSSR count). The molecule has 0 amide bonds. The molecule has 0 saturated heterocycles. The summed E-state index contributed by atoms with van der Waals surface area (Å²) in [5.41, 5.74) is 3.29. The highest BCUT2D eigenvalue weighted by molar-refractivity contribution is 7.13. The third-order valence-electron chi connectivity index (χ3n) is 2.79. The van der Waals surface area contributed by atoms with Crippen LogP contribution in [0.3, 0.4) is 0 Å². The maximum Gasteiger partial charge on any atom is 0.354 e. The Bertz CT molecular complexity index is 597. The zero-order valence-electron chi connectivity index (χ0n) is 9.38. The number of rotatable bonds is 2. The Labute approximate surface area is 107 Å². The van der Waals surface area contributed by atoms with E-state index in [1.807, 2.05) is 0 Å². The summed E-state index contributed by atoms with van der Waals surface area (Å²) >= 11 is 1.40. The van der Waals surface area contributed by atoms with Crippen LogP contribution in [0.25, 0.3) is 10.7 Å². The fourth-order valence-electron chi connectivity index (χ4n) is 1.96. The van der Waals surface area contributed by atoms with E-state index >= 15 is 0 Å². The first-order chi connectivity index (χ1) is 8.75. The molecule has 0 unspecified atom stereocenters. The summed E-state index contributed by atoms with van der Waals surface area (Å²) in [7, 11) is 0. The standard InChI is InChI=1S/C11H10N4O2S/c16-11(17)9-6-3-12-2-1-7(6)14-10(15-9)8-4-13-5-18-8/h4-5,12H,1-3H2,(H,16,17). The van der Waals surface area contributed by atoms with E-state index < -0.39 is 5.97 Å². The highest BCUT2D eigenvalue weighted by atomic mass is 32.1. The smallest absolute Gasteiger partial charge is 0.354 e. The molecule has 0 aromatic carbocycles. The first-order valence-corrected chi connectivity index (χ1v) is 6.36. The van der Waals surface area contributed by atoms with Crippen LogP contribution >= 0.6 is 11.3 Å². The summed E-state index contributed by atoms with van der Waals surface area (Å²) < 4.78 is 0.